The van der Waals surface area contributed by atoms with Crippen LogP contribution in [-0.4, -0.2) is 55.6 Å². The number of nitrogens with one attached hydrogen (secondary N) is 2. The second-order valence-corrected chi connectivity index (χ2v) is 8.20. The van der Waals surface area contributed by atoms with E-state index in [9.17, 15) is 17.4 Å². The first-order valence-electron chi connectivity index (χ1n) is 8.66. The van der Waals surface area contributed by atoms with Crippen molar-refractivity contribution in [2.75, 3.05) is 24.2 Å². The lowest BCUT2D eigenvalue weighted by molar-refractivity contribution is -0.0583. The second kappa shape index (κ2) is 8.26. The van der Waals surface area contributed by atoms with Crippen LogP contribution in [0, 0.1) is 5.41 Å². The first kappa shape index (κ1) is 20.2. The molecule has 2 N–H and O–H groups in total. The van der Waals surface area contributed by atoms with Crippen molar-refractivity contribution in [1.29, 1.82) is 5.41 Å². The third kappa shape index (κ3) is 4.86. The second-order valence-electron chi connectivity index (χ2n) is 6.54. The van der Waals surface area contributed by atoms with Crippen molar-refractivity contribution in [2.45, 2.75) is 24.3 Å². The molecule has 0 saturated carbocycles. The minimum absolute atomic E-state index is 0.118. The molecule has 150 valence electrons. The van der Waals surface area contributed by atoms with Crippen LogP contribution in [0.4, 0.5) is 19.0 Å². The largest absolute Gasteiger partial charge is 0.432 e. The number of aromatic nitrogens is 3. The number of piperidine rings is 1. The number of H-pyrrole nitrogens is 1. The smallest absolute Gasteiger partial charge is 0.355 e. The number of hydrogen-bond acceptors (Lipinski definition) is 5. The van der Waals surface area contributed by atoms with Crippen LogP contribution in [0.2, 0.25) is 0 Å². The van der Waals surface area contributed by atoms with Gasteiger partial charge in [0.05, 0.1) is 17.1 Å². The highest BCUT2D eigenvalue weighted by Gasteiger charge is 2.32. The monoisotopic (exact) mass is 411 g/mol. The lowest BCUT2D eigenvalue weighted by Crippen LogP contribution is -2.40. The van der Waals surface area contributed by atoms with Crippen LogP contribution < -0.4 is 4.90 Å². The van der Waals surface area contributed by atoms with E-state index >= 15 is 0 Å². The van der Waals surface area contributed by atoms with E-state index in [0.717, 1.165) is 36.8 Å². The van der Waals surface area contributed by atoms with Crippen molar-refractivity contribution in [2.24, 2.45) is 0 Å². The minimum Gasteiger partial charge on any atom is -0.355 e. The molecule has 1 fully saturated rings. The van der Waals surface area contributed by atoms with Gasteiger partial charge in [0.1, 0.15) is 17.4 Å². The third-order valence-electron chi connectivity index (χ3n) is 4.54. The van der Waals surface area contributed by atoms with Gasteiger partial charge >= 0.3 is 6.18 Å². The molecule has 0 aromatic carbocycles. The molecule has 0 bridgehead atoms. The molecule has 0 radical (unpaired) electrons. The maximum Gasteiger partial charge on any atom is 0.432 e. The Hall–Kier alpha value is -2.49. The molecule has 2 unspecified atom stereocenters. The molecule has 1 aliphatic rings. The number of aromatic amines is 1. The van der Waals surface area contributed by atoms with Gasteiger partial charge in [-0.15, -0.1) is 0 Å². The molecule has 0 aliphatic carbocycles. The van der Waals surface area contributed by atoms with E-state index < -0.39 is 22.7 Å². The van der Waals surface area contributed by atoms with Crippen LogP contribution >= 0.6 is 0 Å². The van der Waals surface area contributed by atoms with Gasteiger partial charge in [-0.05, 0) is 37.1 Å². The van der Waals surface area contributed by atoms with E-state index in [2.05, 4.69) is 19.9 Å². The number of alkyl halides is 3. The van der Waals surface area contributed by atoms with E-state index in [0.29, 0.717) is 18.3 Å². The maximum atomic E-state index is 12.4. The Bertz CT molecular complexity index is 909. The number of allylic oxidation sites excluding steroid dienone is 1. The van der Waals surface area contributed by atoms with Gasteiger partial charge in [-0.25, -0.2) is 9.97 Å². The van der Waals surface area contributed by atoms with Gasteiger partial charge in [-0.3, -0.25) is 9.62 Å². The molecule has 3 rings (SSSR count). The minimum atomic E-state index is -4.68. The normalized spacial score (nSPS) is 19.1. The van der Waals surface area contributed by atoms with Crippen LogP contribution in [0.15, 0.2) is 30.6 Å². The number of imidazole rings is 1. The molecular formula is C18H20F3N5OS. The standard InChI is InChI=1S/C18H20F3N5OS/c1-28(27)13-3-2-8-26(11-13)17-9-12(6-7-23-17)14-10-24-16(25-14)5-4-15(22)18(19,20)21/h4-7,9-10,13,22H,2-3,8,11H2,1H3,(H,24,25)/b5-4-,22-15?. The summed E-state index contributed by atoms with van der Waals surface area (Å²) in [6.07, 6.45) is 3.88. The van der Waals surface area contributed by atoms with Gasteiger partial charge in [-0.2, -0.15) is 13.2 Å². The van der Waals surface area contributed by atoms with Crippen molar-refractivity contribution in [3.05, 3.63) is 36.4 Å². The SMILES string of the molecule is CS(=O)C1CCCN(c2cc(-c3cnc(/C=C\C(=N)C(F)(F)F)[nH]3)ccn2)C1. The summed E-state index contributed by atoms with van der Waals surface area (Å²) < 4.78 is 48.9. The highest BCUT2D eigenvalue weighted by Crippen LogP contribution is 2.25. The van der Waals surface area contributed by atoms with Crippen LogP contribution in [0.5, 0.6) is 0 Å². The van der Waals surface area contributed by atoms with Gasteiger partial charge in [0.25, 0.3) is 0 Å². The van der Waals surface area contributed by atoms with Gasteiger partial charge < -0.3 is 9.88 Å². The van der Waals surface area contributed by atoms with Crippen LogP contribution in [0.3, 0.4) is 0 Å². The average molecular weight is 411 g/mol. The fraction of sp³-hybridized carbons (Fsp3) is 0.389. The Balaban J connectivity index is 1.76. The Morgan fingerprint density at radius 3 is 2.93 bits per heavy atom. The van der Waals surface area contributed by atoms with Crippen molar-refractivity contribution in [3.8, 4) is 11.3 Å². The number of hydrogen-bond donors (Lipinski definition) is 2. The highest BCUT2D eigenvalue weighted by atomic mass is 32.2. The average Bonchev–Trinajstić information content (AvgIpc) is 3.14. The molecule has 2 atom stereocenters. The number of halogens is 3. The molecule has 28 heavy (non-hydrogen) atoms. The lowest BCUT2D eigenvalue weighted by atomic mass is 10.1. The van der Waals surface area contributed by atoms with Crippen LogP contribution in [-0.2, 0) is 10.8 Å². The van der Waals surface area contributed by atoms with Crippen molar-refractivity contribution < 1.29 is 17.4 Å². The predicted molar refractivity (Wildman–Crippen MR) is 104 cm³/mol. The summed E-state index contributed by atoms with van der Waals surface area (Å²) >= 11 is 0. The van der Waals surface area contributed by atoms with Crippen molar-refractivity contribution >= 4 is 28.4 Å². The van der Waals surface area contributed by atoms with Crippen molar-refractivity contribution in [3.63, 3.8) is 0 Å². The fourth-order valence-electron chi connectivity index (χ4n) is 3.00. The number of pyridine rings is 1. The Kier molecular flexibility index (Phi) is 5.97. The molecule has 0 amide bonds. The first-order valence-corrected chi connectivity index (χ1v) is 10.3. The molecule has 2 aromatic rings. The number of anilines is 1. The maximum absolute atomic E-state index is 12.4. The summed E-state index contributed by atoms with van der Waals surface area (Å²) in [6, 6.07) is 3.65. The summed E-state index contributed by atoms with van der Waals surface area (Å²) in [5, 5.41) is 7.08. The van der Waals surface area contributed by atoms with E-state index in [-0.39, 0.29) is 11.1 Å². The van der Waals surface area contributed by atoms with Crippen LogP contribution in [0.1, 0.15) is 18.7 Å². The zero-order valence-corrected chi connectivity index (χ0v) is 16.0. The Morgan fingerprint density at radius 2 is 2.21 bits per heavy atom. The van der Waals surface area contributed by atoms with Crippen LogP contribution in [0.25, 0.3) is 17.3 Å². The van der Waals surface area contributed by atoms with Gasteiger partial charge in [-0.1, -0.05) is 0 Å². The summed E-state index contributed by atoms with van der Waals surface area (Å²) in [4.78, 5) is 13.5. The third-order valence-corrected chi connectivity index (χ3v) is 5.86. The summed E-state index contributed by atoms with van der Waals surface area (Å²) in [6.45, 7) is 1.51. The van der Waals surface area contributed by atoms with Gasteiger partial charge in [0.2, 0.25) is 0 Å². The molecular weight excluding hydrogens is 391 g/mol. The number of rotatable bonds is 5. The van der Waals surface area contributed by atoms with Gasteiger partial charge in [0.15, 0.2) is 0 Å². The quantitative estimate of drug-likeness (QED) is 0.739. The molecule has 1 saturated heterocycles. The van der Waals surface area contributed by atoms with E-state index in [4.69, 9.17) is 5.41 Å². The summed E-state index contributed by atoms with van der Waals surface area (Å²) in [5.74, 6) is 0.986. The van der Waals surface area contributed by atoms with E-state index in [1.165, 1.54) is 6.20 Å². The zero-order valence-electron chi connectivity index (χ0n) is 15.2. The Morgan fingerprint density at radius 1 is 1.43 bits per heavy atom. The summed E-state index contributed by atoms with van der Waals surface area (Å²) in [7, 11) is -0.888. The molecule has 2 aromatic heterocycles. The fourth-order valence-corrected chi connectivity index (χ4v) is 3.89. The van der Waals surface area contributed by atoms with Crippen molar-refractivity contribution in [1.82, 2.24) is 15.0 Å². The molecule has 1 aliphatic heterocycles. The topological polar surface area (TPSA) is 85.7 Å². The number of nitrogens with zero attached hydrogens (tertiary/aromatic N) is 3. The molecule has 6 nitrogen and oxygen atoms in total. The molecule has 3 heterocycles. The lowest BCUT2D eigenvalue weighted by Gasteiger charge is -2.32. The van der Waals surface area contributed by atoms with E-state index in [1.807, 2.05) is 6.07 Å². The molecule has 10 heteroatoms. The zero-order chi connectivity index (χ0) is 20.3. The van der Waals surface area contributed by atoms with Gasteiger partial charge in [0, 0.05) is 41.9 Å². The van der Waals surface area contributed by atoms with E-state index in [1.54, 1.807) is 18.5 Å². The summed E-state index contributed by atoms with van der Waals surface area (Å²) in [5.41, 5.74) is -0.0122. The Labute approximate surface area is 162 Å². The predicted octanol–water partition coefficient (Wildman–Crippen LogP) is 3.41. The highest BCUT2D eigenvalue weighted by molar-refractivity contribution is 7.84. The first-order chi connectivity index (χ1) is 13.2. The molecule has 0 spiro atoms.